The molecule has 0 aromatic heterocycles. The molecule has 110 valence electrons. The minimum atomic E-state index is -1.07. The molecular weight excluding hydrogens is 266 g/mol. The molecule has 1 aliphatic rings. The smallest absolute Gasteiger partial charge is 0.257 e. The van der Waals surface area contributed by atoms with Gasteiger partial charge in [-0.05, 0) is 25.0 Å². The second-order valence-electron chi connectivity index (χ2n) is 5.29. The van der Waals surface area contributed by atoms with Crippen LogP contribution in [-0.4, -0.2) is 23.2 Å². The molecule has 0 saturated heterocycles. The quantitative estimate of drug-likeness (QED) is 0.743. The lowest BCUT2D eigenvalue weighted by atomic mass is 9.85. The standard InChI is InChI=1S/C14H18F2N2O2/c15-9-4-5-10(17)12(16)11(9)13(19)18-8-14(20)6-2-1-3-7-14/h4-5,20H,1-3,6-8,17H2,(H,18,19). The minimum absolute atomic E-state index is 0.0144. The molecule has 0 atom stereocenters. The Balaban J connectivity index is 2.07. The van der Waals surface area contributed by atoms with Crippen molar-refractivity contribution >= 4 is 11.6 Å². The Hall–Kier alpha value is -1.69. The highest BCUT2D eigenvalue weighted by atomic mass is 19.1. The van der Waals surface area contributed by atoms with Gasteiger partial charge in [0.2, 0.25) is 0 Å². The maximum absolute atomic E-state index is 13.7. The zero-order chi connectivity index (χ0) is 14.8. The molecule has 6 heteroatoms. The van der Waals surface area contributed by atoms with Gasteiger partial charge < -0.3 is 16.2 Å². The zero-order valence-electron chi connectivity index (χ0n) is 11.1. The van der Waals surface area contributed by atoms with Crippen molar-refractivity contribution in [2.75, 3.05) is 12.3 Å². The molecular formula is C14H18F2N2O2. The van der Waals surface area contributed by atoms with E-state index in [1.54, 1.807) is 0 Å². The fourth-order valence-corrected chi connectivity index (χ4v) is 2.50. The van der Waals surface area contributed by atoms with Gasteiger partial charge >= 0.3 is 0 Å². The van der Waals surface area contributed by atoms with Crippen LogP contribution in [0.15, 0.2) is 12.1 Å². The van der Waals surface area contributed by atoms with E-state index in [1.165, 1.54) is 0 Å². The molecule has 1 fully saturated rings. The summed E-state index contributed by atoms with van der Waals surface area (Å²) in [6.45, 7) is -0.0144. The maximum Gasteiger partial charge on any atom is 0.257 e. The van der Waals surface area contributed by atoms with Gasteiger partial charge in [-0.2, -0.15) is 0 Å². The number of nitrogens with two attached hydrogens (primary N) is 1. The predicted octanol–water partition coefficient (Wildman–Crippen LogP) is 1.97. The third-order valence-corrected chi connectivity index (χ3v) is 3.71. The Labute approximate surface area is 116 Å². The molecule has 4 N–H and O–H groups in total. The SMILES string of the molecule is Nc1ccc(F)c(C(=O)NCC2(O)CCCCC2)c1F. The average Bonchev–Trinajstić information content (AvgIpc) is 2.42. The number of halogens is 2. The van der Waals surface area contributed by atoms with Crippen LogP contribution in [0.3, 0.4) is 0 Å². The first-order valence-electron chi connectivity index (χ1n) is 6.67. The second-order valence-corrected chi connectivity index (χ2v) is 5.29. The van der Waals surface area contributed by atoms with Crippen LogP contribution >= 0.6 is 0 Å². The first-order valence-corrected chi connectivity index (χ1v) is 6.67. The van der Waals surface area contributed by atoms with Gasteiger partial charge in [0.1, 0.15) is 11.4 Å². The van der Waals surface area contributed by atoms with Crippen LogP contribution in [-0.2, 0) is 0 Å². The molecule has 0 radical (unpaired) electrons. The highest BCUT2D eigenvalue weighted by molar-refractivity contribution is 5.95. The number of benzene rings is 1. The van der Waals surface area contributed by atoms with Crippen molar-refractivity contribution in [1.82, 2.24) is 5.32 Å². The summed E-state index contributed by atoms with van der Waals surface area (Å²) in [7, 11) is 0. The summed E-state index contributed by atoms with van der Waals surface area (Å²) >= 11 is 0. The van der Waals surface area contributed by atoms with Gasteiger partial charge in [0.05, 0.1) is 11.3 Å². The van der Waals surface area contributed by atoms with Crippen molar-refractivity contribution in [2.45, 2.75) is 37.7 Å². The average molecular weight is 284 g/mol. The summed E-state index contributed by atoms with van der Waals surface area (Å²) < 4.78 is 27.2. The van der Waals surface area contributed by atoms with Crippen LogP contribution in [0.4, 0.5) is 14.5 Å². The lowest BCUT2D eigenvalue weighted by Gasteiger charge is -2.32. The normalized spacial score (nSPS) is 17.8. The molecule has 1 aromatic rings. The summed E-state index contributed by atoms with van der Waals surface area (Å²) in [6.07, 6.45) is 3.97. The van der Waals surface area contributed by atoms with Crippen molar-refractivity contribution < 1.29 is 18.7 Å². The third kappa shape index (κ3) is 3.07. The van der Waals surface area contributed by atoms with Gasteiger partial charge in [-0.15, -0.1) is 0 Å². The Morgan fingerprint density at radius 1 is 1.30 bits per heavy atom. The number of hydrogen-bond donors (Lipinski definition) is 3. The molecule has 4 nitrogen and oxygen atoms in total. The van der Waals surface area contributed by atoms with E-state index in [-0.39, 0.29) is 12.2 Å². The molecule has 1 aliphatic carbocycles. The molecule has 2 rings (SSSR count). The van der Waals surface area contributed by atoms with E-state index in [2.05, 4.69) is 5.32 Å². The highest BCUT2D eigenvalue weighted by Gasteiger charge is 2.30. The van der Waals surface area contributed by atoms with Crippen LogP contribution in [0.2, 0.25) is 0 Å². The predicted molar refractivity (Wildman–Crippen MR) is 71.1 cm³/mol. The van der Waals surface area contributed by atoms with Crippen LogP contribution in [0.1, 0.15) is 42.5 Å². The van der Waals surface area contributed by atoms with Crippen molar-refractivity contribution in [2.24, 2.45) is 0 Å². The molecule has 1 saturated carbocycles. The zero-order valence-corrected chi connectivity index (χ0v) is 11.1. The van der Waals surface area contributed by atoms with Crippen molar-refractivity contribution in [3.05, 3.63) is 29.3 Å². The van der Waals surface area contributed by atoms with E-state index in [9.17, 15) is 18.7 Å². The van der Waals surface area contributed by atoms with Crippen LogP contribution in [0.25, 0.3) is 0 Å². The number of hydrogen-bond acceptors (Lipinski definition) is 3. The number of aliphatic hydroxyl groups is 1. The Kier molecular flexibility index (Phi) is 4.23. The van der Waals surface area contributed by atoms with Crippen LogP contribution < -0.4 is 11.1 Å². The monoisotopic (exact) mass is 284 g/mol. The van der Waals surface area contributed by atoms with E-state index in [4.69, 9.17) is 5.73 Å². The first-order chi connectivity index (χ1) is 9.43. The van der Waals surface area contributed by atoms with E-state index >= 15 is 0 Å². The number of carbonyl (C=O) groups excluding carboxylic acids is 1. The number of rotatable bonds is 3. The van der Waals surface area contributed by atoms with Gasteiger partial charge in [-0.1, -0.05) is 19.3 Å². The van der Waals surface area contributed by atoms with Gasteiger partial charge in [-0.3, -0.25) is 4.79 Å². The molecule has 1 amide bonds. The van der Waals surface area contributed by atoms with E-state index in [1.807, 2.05) is 0 Å². The van der Waals surface area contributed by atoms with E-state index in [0.29, 0.717) is 12.8 Å². The van der Waals surface area contributed by atoms with Gasteiger partial charge in [0, 0.05) is 6.54 Å². The topological polar surface area (TPSA) is 75.4 Å². The number of nitrogen functional groups attached to an aromatic ring is 1. The van der Waals surface area contributed by atoms with Gasteiger partial charge in [0.25, 0.3) is 5.91 Å². The lowest BCUT2D eigenvalue weighted by molar-refractivity contribution is 0.00517. The van der Waals surface area contributed by atoms with Crippen LogP contribution in [0.5, 0.6) is 0 Å². The second kappa shape index (κ2) is 5.75. The Morgan fingerprint density at radius 3 is 2.60 bits per heavy atom. The molecule has 20 heavy (non-hydrogen) atoms. The van der Waals surface area contributed by atoms with Gasteiger partial charge in [-0.25, -0.2) is 8.78 Å². The lowest BCUT2D eigenvalue weighted by Crippen LogP contribution is -2.44. The Morgan fingerprint density at radius 2 is 1.95 bits per heavy atom. The number of anilines is 1. The fraction of sp³-hybridized carbons (Fsp3) is 0.500. The largest absolute Gasteiger partial charge is 0.396 e. The van der Waals surface area contributed by atoms with Gasteiger partial charge in [0.15, 0.2) is 5.82 Å². The van der Waals surface area contributed by atoms with Crippen molar-refractivity contribution in [3.63, 3.8) is 0 Å². The molecule has 0 aliphatic heterocycles. The number of amides is 1. The van der Waals surface area contributed by atoms with Crippen molar-refractivity contribution in [1.29, 1.82) is 0 Å². The molecule has 0 bridgehead atoms. The maximum atomic E-state index is 13.7. The number of nitrogens with one attached hydrogen (secondary N) is 1. The molecule has 0 heterocycles. The first kappa shape index (κ1) is 14.7. The Bertz CT molecular complexity index is 514. The molecule has 1 aromatic carbocycles. The van der Waals surface area contributed by atoms with E-state index in [0.717, 1.165) is 31.4 Å². The highest BCUT2D eigenvalue weighted by Crippen LogP contribution is 2.27. The van der Waals surface area contributed by atoms with Crippen LogP contribution in [0, 0.1) is 11.6 Å². The molecule has 0 unspecified atom stereocenters. The van der Waals surface area contributed by atoms with E-state index < -0.39 is 28.7 Å². The summed E-state index contributed by atoms with van der Waals surface area (Å²) in [5, 5.41) is 12.6. The summed E-state index contributed by atoms with van der Waals surface area (Å²) in [5.41, 5.74) is 3.35. The fourth-order valence-electron chi connectivity index (χ4n) is 2.50. The molecule has 0 spiro atoms. The minimum Gasteiger partial charge on any atom is -0.396 e. The summed E-state index contributed by atoms with van der Waals surface area (Å²) in [4.78, 5) is 11.9. The third-order valence-electron chi connectivity index (χ3n) is 3.71. The summed E-state index contributed by atoms with van der Waals surface area (Å²) in [6, 6.07) is 2.01. The summed E-state index contributed by atoms with van der Waals surface area (Å²) in [5.74, 6) is -2.94. The number of carbonyl (C=O) groups is 1. The van der Waals surface area contributed by atoms with Crippen molar-refractivity contribution in [3.8, 4) is 0 Å².